The van der Waals surface area contributed by atoms with Crippen molar-refractivity contribution in [2.24, 2.45) is 22.2 Å². The summed E-state index contributed by atoms with van der Waals surface area (Å²) in [6.45, 7) is 7.17. The third-order valence-electron chi connectivity index (χ3n) is 7.64. The zero-order valence-corrected chi connectivity index (χ0v) is 17.9. The molecule has 0 aromatic rings. The monoisotopic (exact) mass is 390 g/mol. The molecule has 2 aliphatic heterocycles. The first-order valence-electron chi connectivity index (χ1n) is 11.4. The van der Waals surface area contributed by atoms with Crippen LogP contribution in [0.3, 0.4) is 0 Å². The Hall–Kier alpha value is -1.30. The van der Waals surface area contributed by atoms with Crippen LogP contribution in [0.1, 0.15) is 65.2 Å². The molecule has 0 radical (unpaired) electrons. The van der Waals surface area contributed by atoms with Crippen LogP contribution in [0, 0.1) is 17.3 Å². The summed E-state index contributed by atoms with van der Waals surface area (Å²) in [7, 11) is 1.84. The molecule has 4 fully saturated rings. The van der Waals surface area contributed by atoms with Gasteiger partial charge >= 0.3 is 0 Å². The summed E-state index contributed by atoms with van der Waals surface area (Å²) in [6, 6.07) is 0.686. The van der Waals surface area contributed by atoms with Gasteiger partial charge in [0.15, 0.2) is 5.96 Å². The summed E-state index contributed by atoms with van der Waals surface area (Å²) in [5.74, 6) is 2.10. The number of nitrogens with one attached hydrogen (secondary N) is 2. The molecular weight excluding hydrogens is 352 g/mol. The van der Waals surface area contributed by atoms with E-state index in [1.54, 1.807) is 0 Å². The molecule has 158 valence electrons. The first-order valence-corrected chi connectivity index (χ1v) is 11.4. The van der Waals surface area contributed by atoms with Gasteiger partial charge in [-0.3, -0.25) is 9.79 Å². The van der Waals surface area contributed by atoms with Crippen molar-refractivity contribution in [3.63, 3.8) is 0 Å². The van der Waals surface area contributed by atoms with E-state index < -0.39 is 0 Å². The average Bonchev–Trinajstić information content (AvgIpc) is 3.19. The molecule has 2 aliphatic carbocycles. The van der Waals surface area contributed by atoms with E-state index in [0.29, 0.717) is 30.0 Å². The second-order valence-electron chi connectivity index (χ2n) is 9.86. The number of carbonyl (C=O) groups excluding carboxylic acids is 1. The van der Waals surface area contributed by atoms with Gasteiger partial charge in [0, 0.05) is 56.1 Å². The fourth-order valence-corrected chi connectivity index (χ4v) is 6.01. The van der Waals surface area contributed by atoms with Gasteiger partial charge in [0.05, 0.1) is 6.10 Å². The maximum absolute atomic E-state index is 12.8. The van der Waals surface area contributed by atoms with Gasteiger partial charge in [-0.05, 0) is 32.1 Å². The number of likely N-dealkylation sites (tertiary alicyclic amines) is 1. The normalized spacial score (nSPS) is 35.8. The lowest BCUT2D eigenvalue weighted by molar-refractivity contribution is -0.188. The Morgan fingerprint density at radius 2 is 1.86 bits per heavy atom. The number of carbonyl (C=O) groups is 1. The van der Waals surface area contributed by atoms with Gasteiger partial charge in [-0.1, -0.05) is 33.1 Å². The van der Waals surface area contributed by atoms with E-state index in [-0.39, 0.29) is 11.3 Å². The van der Waals surface area contributed by atoms with E-state index in [9.17, 15) is 4.79 Å². The summed E-state index contributed by atoms with van der Waals surface area (Å²) in [5.41, 5.74) is 0.126. The number of ether oxygens (including phenoxy) is 1. The minimum Gasteiger partial charge on any atom is -0.377 e. The smallest absolute Gasteiger partial charge is 0.225 e. The summed E-state index contributed by atoms with van der Waals surface area (Å²) in [4.78, 5) is 19.4. The highest BCUT2D eigenvalue weighted by atomic mass is 16.5. The van der Waals surface area contributed by atoms with Gasteiger partial charge in [-0.25, -0.2) is 0 Å². The highest BCUT2D eigenvalue weighted by Gasteiger charge is 2.58. The SMILES string of the molecule is CN=C(NC1CCN(C(=O)C2CCCCC2)C1)NC1C2CCCOC2C1(C)C. The van der Waals surface area contributed by atoms with Crippen molar-refractivity contribution < 1.29 is 9.53 Å². The van der Waals surface area contributed by atoms with Gasteiger partial charge in [0.2, 0.25) is 5.91 Å². The lowest BCUT2D eigenvalue weighted by Gasteiger charge is -2.60. The lowest BCUT2D eigenvalue weighted by Crippen LogP contribution is -2.71. The minimum atomic E-state index is 0.126. The number of hydrogen-bond donors (Lipinski definition) is 2. The third-order valence-corrected chi connectivity index (χ3v) is 7.64. The topological polar surface area (TPSA) is 66.0 Å². The van der Waals surface area contributed by atoms with Crippen LogP contribution in [-0.4, -0.2) is 61.7 Å². The van der Waals surface area contributed by atoms with Crippen LogP contribution in [-0.2, 0) is 9.53 Å². The molecule has 28 heavy (non-hydrogen) atoms. The summed E-state index contributed by atoms with van der Waals surface area (Å²) in [5, 5.41) is 7.27. The summed E-state index contributed by atoms with van der Waals surface area (Å²) < 4.78 is 6.02. The Morgan fingerprint density at radius 1 is 1.07 bits per heavy atom. The number of guanidine groups is 1. The molecule has 0 aromatic heterocycles. The highest BCUT2D eigenvalue weighted by Crippen LogP contribution is 2.51. The van der Waals surface area contributed by atoms with Crippen molar-refractivity contribution in [2.45, 2.75) is 83.4 Å². The van der Waals surface area contributed by atoms with Crippen LogP contribution in [0.15, 0.2) is 4.99 Å². The van der Waals surface area contributed by atoms with Crippen LogP contribution < -0.4 is 10.6 Å². The number of amides is 1. The zero-order chi connectivity index (χ0) is 19.7. The fraction of sp³-hybridized carbons (Fsp3) is 0.909. The number of nitrogens with zero attached hydrogens (tertiary/aromatic N) is 2. The van der Waals surface area contributed by atoms with Crippen LogP contribution in [0.2, 0.25) is 0 Å². The van der Waals surface area contributed by atoms with Crippen molar-refractivity contribution in [1.82, 2.24) is 15.5 Å². The quantitative estimate of drug-likeness (QED) is 0.574. The van der Waals surface area contributed by atoms with Gasteiger partial charge in [0.1, 0.15) is 0 Å². The van der Waals surface area contributed by atoms with E-state index in [2.05, 4.69) is 34.4 Å². The van der Waals surface area contributed by atoms with Crippen molar-refractivity contribution in [3.05, 3.63) is 0 Å². The summed E-state index contributed by atoms with van der Waals surface area (Å²) in [6.07, 6.45) is 9.64. The molecule has 4 rings (SSSR count). The number of hydrogen-bond acceptors (Lipinski definition) is 3. The standard InChI is InChI=1S/C22H38N4O2/c1-22(2)18(17-10-7-13-28-19(17)22)25-21(23-3)24-16-11-12-26(14-16)20(27)15-8-5-4-6-9-15/h15-19H,4-14H2,1-3H3,(H2,23,24,25). The third kappa shape index (κ3) is 3.77. The second kappa shape index (κ2) is 8.21. The van der Waals surface area contributed by atoms with Crippen molar-refractivity contribution in [2.75, 3.05) is 26.7 Å². The molecule has 6 nitrogen and oxygen atoms in total. The molecule has 0 bridgehead atoms. The average molecular weight is 391 g/mol. The predicted octanol–water partition coefficient (Wildman–Crippen LogP) is 2.54. The van der Waals surface area contributed by atoms with Crippen molar-refractivity contribution >= 4 is 11.9 Å². The van der Waals surface area contributed by atoms with Crippen LogP contribution in [0.5, 0.6) is 0 Å². The minimum absolute atomic E-state index is 0.126. The predicted molar refractivity (Wildman–Crippen MR) is 111 cm³/mol. The molecule has 4 aliphatic rings. The zero-order valence-electron chi connectivity index (χ0n) is 17.9. The summed E-state index contributed by atoms with van der Waals surface area (Å²) >= 11 is 0. The molecule has 2 heterocycles. The first-order chi connectivity index (χ1) is 13.5. The largest absolute Gasteiger partial charge is 0.377 e. The molecule has 2 saturated heterocycles. The molecular formula is C22H38N4O2. The molecule has 2 saturated carbocycles. The Balaban J connectivity index is 1.29. The van der Waals surface area contributed by atoms with Gasteiger partial charge in [-0.2, -0.15) is 0 Å². The van der Waals surface area contributed by atoms with E-state index in [1.807, 2.05) is 7.05 Å². The Kier molecular flexibility index (Phi) is 5.86. The maximum atomic E-state index is 12.8. The number of rotatable bonds is 3. The molecule has 4 unspecified atom stereocenters. The molecule has 6 heteroatoms. The van der Waals surface area contributed by atoms with Gasteiger partial charge < -0.3 is 20.3 Å². The van der Waals surface area contributed by atoms with Gasteiger partial charge in [0.25, 0.3) is 0 Å². The van der Waals surface area contributed by atoms with Gasteiger partial charge in [-0.15, -0.1) is 0 Å². The maximum Gasteiger partial charge on any atom is 0.225 e. The first kappa shape index (κ1) is 20.0. The Bertz CT molecular complexity index is 599. The molecule has 4 atom stereocenters. The molecule has 1 amide bonds. The highest BCUT2D eigenvalue weighted by molar-refractivity contribution is 5.81. The Morgan fingerprint density at radius 3 is 2.61 bits per heavy atom. The van der Waals surface area contributed by atoms with Crippen LogP contribution >= 0.6 is 0 Å². The lowest BCUT2D eigenvalue weighted by atomic mass is 9.55. The van der Waals surface area contributed by atoms with Crippen LogP contribution in [0.4, 0.5) is 0 Å². The van der Waals surface area contributed by atoms with Crippen molar-refractivity contribution in [1.29, 1.82) is 0 Å². The number of aliphatic imine (C=N–C) groups is 1. The number of fused-ring (bicyclic) bond motifs is 1. The molecule has 0 aromatic carbocycles. The van der Waals surface area contributed by atoms with E-state index in [0.717, 1.165) is 51.3 Å². The molecule has 2 N–H and O–H groups in total. The second-order valence-corrected chi connectivity index (χ2v) is 9.86. The Labute approximate surface area is 169 Å². The van der Waals surface area contributed by atoms with Crippen LogP contribution in [0.25, 0.3) is 0 Å². The van der Waals surface area contributed by atoms with Crippen molar-refractivity contribution in [3.8, 4) is 0 Å². The van der Waals surface area contributed by atoms with E-state index in [1.165, 1.54) is 25.7 Å². The molecule has 0 spiro atoms. The van der Waals surface area contributed by atoms with E-state index in [4.69, 9.17) is 4.74 Å². The fourth-order valence-electron chi connectivity index (χ4n) is 6.01. The van der Waals surface area contributed by atoms with E-state index >= 15 is 0 Å².